The molecule has 0 aliphatic heterocycles. The van der Waals surface area contributed by atoms with Crippen LogP contribution in [0.3, 0.4) is 0 Å². The second-order valence-electron chi connectivity index (χ2n) is 5.24. The molecule has 3 heterocycles. The normalized spacial score (nSPS) is 11.7. The van der Waals surface area contributed by atoms with Crippen LogP contribution in [0, 0.1) is 13.8 Å². The van der Waals surface area contributed by atoms with E-state index in [-0.39, 0.29) is 0 Å². The zero-order valence-corrected chi connectivity index (χ0v) is 13.5. The van der Waals surface area contributed by atoms with Crippen LogP contribution in [0.5, 0.6) is 0 Å². The first-order valence-corrected chi connectivity index (χ1v) is 8.04. The highest BCUT2D eigenvalue weighted by Gasteiger charge is 2.15. The molecular formula is C17H14N4OS. The lowest BCUT2D eigenvalue weighted by atomic mass is 10.1. The van der Waals surface area contributed by atoms with E-state index in [1.165, 1.54) is 22.5 Å². The highest BCUT2D eigenvalue weighted by Crippen LogP contribution is 2.25. The van der Waals surface area contributed by atoms with Gasteiger partial charge in [0.05, 0.1) is 11.8 Å². The van der Waals surface area contributed by atoms with E-state index in [1.807, 2.05) is 31.2 Å². The molecule has 0 saturated carbocycles. The number of aryl methyl sites for hydroxylation is 2. The van der Waals surface area contributed by atoms with Crippen molar-refractivity contribution in [3.63, 3.8) is 0 Å². The quantitative estimate of drug-likeness (QED) is 0.566. The molecule has 0 aliphatic carbocycles. The molecule has 0 fully saturated rings. The Morgan fingerprint density at radius 1 is 1.09 bits per heavy atom. The minimum Gasteiger partial charge on any atom is -0.469 e. The molecule has 114 valence electrons. The molecule has 0 N–H and O–H groups in total. The lowest BCUT2D eigenvalue weighted by molar-refractivity contribution is 0.535. The molecule has 3 aromatic heterocycles. The van der Waals surface area contributed by atoms with Gasteiger partial charge in [-0.15, -0.1) is 10.2 Å². The van der Waals surface area contributed by atoms with Crippen molar-refractivity contribution < 1.29 is 4.42 Å². The summed E-state index contributed by atoms with van der Waals surface area (Å²) in [7, 11) is 0. The van der Waals surface area contributed by atoms with Crippen LogP contribution in [-0.4, -0.2) is 19.8 Å². The molecule has 0 aliphatic rings. The minimum absolute atomic E-state index is 0.707. The highest BCUT2D eigenvalue weighted by molar-refractivity contribution is 7.17. The summed E-state index contributed by atoms with van der Waals surface area (Å²) in [6, 6.07) is 10.1. The molecule has 6 heteroatoms. The Kier molecular flexibility index (Phi) is 3.31. The van der Waals surface area contributed by atoms with Crippen LogP contribution in [-0.2, 0) is 0 Å². The molecule has 0 radical (unpaired) electrons. The fourth-order valence-corrected chi connectivity index (χ4v) is 3.16. The van der Waals surface area contributed by atoms with Gasteiger partial charge in [-0.1, -0.05) is 41.7 Å². The zero-order chi connectivity index (χ0) is 15.8. The summed E-state index contributed by atoms with van der Waals surface area (Å²) in [5.41, 5.74) is 3.34. The Balaban J connectivity index is 1.72. The second-order valence-corrected chi connectivity index (χ2v) is 6.23. The summed E-state index contributed by atoms with van der Waals surface area (Å²) < 4.78 is 7.11. The Hall–Kier alpha value is -2.73. The molecule has 4 aromatic rings. The van der Waals surface area contributed by atoms with E-state index in [0.717, 1.165) is 21.3 Å². The van der Waals surface area contributed by atoms with Crippen LogP contribution in [0.25, 0.3) is 28.5 Å². The van der Waals surface area contributed by atoms with Gasteiger partial charge >= 0.3 is 0 Å². The van der Waals surface area contributed by atoms with Crippen LogP contribution in [0.15, 0.2) is 41.0 Å². The number of hydrogen-bond acceptors (Lipinski definition) is 5. The number of benzene rings is 1. The summed E-state index contributed by atoms with van der Waals surface area (Å²) in [5, 5.41) is 13.9. The summed E-state index contributed by atoms with van der Waals surface area (Å²) in [6.45, 7) is 4.00. The van der Waals surface area contributed by atoms with Crippen LogP contribution in [0.4, 0.5) is 0 Å². The third-order valence-electron chi connectivity index (χ3n) is 3.70. The van der Waals surface area contributed by atoms with Gasteiger partial charge < -0.3 is 4.42 Å². The van der Waals surface area contributed by atoms with Crippen molar-refractivity contribution in [3.05, 3.63) is 58.5 Å². The highest BCUT2D eigenvalue weighted by atomic mass is 32.1. The average molecular weight is 322 g/mol. The summed E-state index contributed by atoms with van der Waals surface area (Å²) in [6.07, 6.45) is 5.73. The first-order valence-electron chi connectivity index (χ1n) is 7.23. The summed E-state index contributed by atoms with van der Waals surface area (Å²) in [4.78, 5) is 0.769. The maximum atomic E-state index is 5.34. The van der Waals surface area contributed by atoms with Gasteiger partial charge in [-0.05, 0) is 37.1 Å². The Bertz CT molecular complexity index is 1010. The summed E-state index contributed by atoms with van der Waals surface area (Å²) in [5.74, 6) is 1.52. The third-order valence-corrected chi connectivity index (χ3v) is 4.56. The van der Waals surface area contributed by atoms with Crippen molar-refractivity contribution in [1.29, 1.82) is 0 Å². The zero-order valence-electron chi connectivity index (χ0n) is 12.7. The van der Waals surface area contributed by atoms with E-state index in [9.17, 15) is 0 Å². The van der Waals surface area contributed by atoms with Gasteiger partial charge in [-0.25, -0.2) is 0 Å². The van der Waals surface area contributed by atoms with Crippen LogP contribution >= 0.6 is 11.3 Å². The Morgan fingerprint density at radius 3 is 2.74 bits per heavy atom. The molecule has 5 nitrogen and oxygen atoms in total. The van der Waals surface area contributed by atoms with Gasteiger partial charge in [-0.3, -0.25) is 0 Å². The van der Waals surface area contributed by atoms with Gasteiger partial charge in [0.2, 0.25) is 4.96 Å². The van der Waals surface area contributed by atoms with Crippen molar-refractivity contribution in [1.82, 2.24) is 19.8 Å². The number of hydrogen-bond donors (Lipinski definition) is 0. The first-order chi connectivity index (χ1) is 11.2. The fraction of sp³-hybridized carbons (Fsp3) is 0.118. The molecule has 0 unspecified atom stereocenters. The van der Waals surface area contributed by atoms with E-state index < -0.39 is 0 Å². The summed E-state index contributed by atoms with van der Waals surface area (Å²) >= 11 is 1.51. The maximum absolute atomic E-state index is 5.34. The Morgan fingerprint density at radius 2 is 1.96 bits per heavy atom. The third kappa shape index (κ3) is 2.47. The van der Waals surface area contributed by atoms with Crippen LogP contribution in [0.2, 0.25) is 0 Å². The topological polar surface area (TPSA) is 56.2 Å². The van der Waals surface area contributed by atoms with Crippen molar-refractivity contribution in [2.24, 2.45) is 0 Å². The molecule has 0 amide bonds. The predicted molar refractivity (Wildman–Crippen MR) is 91.2 cm³/mol. The van der Waals surface area contributed by atoms with Crippen molar-refractivity contribution in [2.45, 2.75) is 13.8 Å². The van der Waals surface area contributed by atoms with Crippen molar-refractivity contribution >= 4 is 28.4 Å². The molecule has 1 aromatic carbocycles. The predicted octanol–water partition coefficient (Wildman–Crippen LogP) is 4.23. The van der Waals surface area contributed by atoms with Gasteiger partial charge in [0.15, 0.2) is 5.82 Å². The molecule has 23 heavy (non-hydrogen) atoms. The SMILES string of the molecule is Cc1ccccc1/C=C/c1nn2c(-c3ccoc3C)nnc2s1. The van der Waals surface area contributed by atoms with E-state index in [0.29, 0.717) is 5.82 Å². The Labute approximate surface area is 136 Å². The number of rotatable bonds is 3. The lowest BCUT2D eigenvalue weighted by Gasteiger charge is -1.97. The van der Waals surface area contributed by atoms with Gasteiger partial charge in [-0.2, -0.15) is 9.61 Å². The maximum Gasteiger partial charge on any atom is 0.235 e. The number of fused-ring (bicyclic) bond motifs is 1. The largest absolute Gasteiger partial charge is 0.469 e. The number of nitrogens with zero attached hydrogens (tertiary/aromatic N) is 4. The second kappa shape index (κ2) is 5.48. The lowest BCUT2D eigenvalue weighted by Crippen LogP contribution is -1.90. The van der Waals surface area contributed by atoms with Gasteiger partial charge in [0.1, 0.15) is 10.8 Å². The van der Waals surface area contributed by atoms with Crippen molar-refractivity contribution in [3.8, 4) is 11.4 Å². The fourth-order valence-electron chi connectivity index (χ4n) is 2.42. The van der Waals surface area contributed by atoms with E-state index in [4.69, 9.17) is 4.42 Å². The monoisotopic (exact) mass is 322 g/mol. The molecule has 0 spiro atoms. The molecule has 4 rings (SSSR count). The first kappa shape index (κ1) is 13.9. The molecule has 0 atom stereocenters. The number of furan rings is 1. The molecule has 0 saturated heterocycles. The van der Waals surface area contributed by atoms with E-state index in [2.05, 4.69) is 40.4 Å². The average Bonchev–Trinajstić information content (AvgIpc) is 3.22. The van der Waals surface area contributed by atoms with Gasteiger partial charge in [0, 0.05) is 0 Å². The number of aromatic nitrogens is 4. The van der Waals surface area contributed by atoms with Crippen LogP contribution < -0.4 is 0 Å². The van der Waals surface area contributed by atoms with Crippen molar-refractivity contribution in [2.75, 3.05) is 0 Å². The molecular weight excluding hydrogens is 308 g/mol. The minimum atomic E-state index is 0.707. The van der Waals surface area contributed by atoms with Crippen LogP contribution in [0.1, 0.15) is 21.9 Å². The molecule has 0 bridgehead atoms. The van der Waals surface area contributed by atoms with E-state index >= 15 is 0 Å². The smallest absolute Gasteiger partial charge is 0.235 e. The van der Waals surface area contributed by atoms with Gasteiger partial charge in [0.25, 0.3) is 0 Å². The standard InChI is InChI=1S/C17H14N4OS/c1-11-5-3-4-6-13(11)7-8-15-20-21-16(18-19-17(21)23-15)14-9-10-22-12(14)2/h3-10H,1-2H3/b8-7+. The van der Waals surface area contributed by atoms with E-state index in [1.54, 1.807) is 10.8 Å².